The number of aromatic amines is 1. The monoisotopic (exact) mass is 444 g/mol. The van der Waals surface area contributed by atoms with Crippen molar-refractivity contribution < 1.29 is 14.7 Å². The number of nitrogens with one attached hydrogen (secondary N) is 3. The first-order valence-corrected chi connectivity index (χ1v) is 11.1. The Bertz CT molecular complexity index is 1280. The number of benzene rings is 2. The van der Waals surface area contributed by atoms with Crippen molar-refractivity contribution in [1.82, 2.24) is 20.6 Å². The molecule has 0 bridgehead atoms. The Labute approximate surface area is 192 Å². The predicted octanol–water partition coefficient (Wildman–Crippen LogP) is 3.08. The van der Waals surface area contributed by atoms with Gasteiger partial charge in [-0.2, -0.15) is 0 Å². The lowest BCUT2D eigenvalue weighted by molar-refractivity contribution is -0.135. The third-order valence-corrected chi connectivity index (χ3v) is 5.76. The molecule has 0 aliphatic rings. The van der Waals surface area contributed by atoms with Gasteiger partial charge in [0.05, 0.1) is 0 Å². The van der Waals surface area contributed by atoms with E-state index in [-0.39, 0.29) is 18.4 Å². The highest BCUT2D eigenvalue weighted by Crippen LogP contribution is 2.20. The molecule has 4 N–H and O–H groups in total. The first-order chi connectivity index (χ1) is 15.9. The molecule has 2 heterocycles. The van der Waals surface area contributed by atoms with Crippen molar-refractivity contribution in [3.63, 3.8) is 0 Å². The van der Waals surface area contributed by atoms with Gasteiger partial charge in [-0.15, -0.1) is 0 Å². The van der Waals surface area contributed by atoms with E-state index >= 15 is 0 Å². The van der Waals surface area contributed by atoms with Crippen molar-refractivity contribution in [3.05, 3.63) is 78.1 Å². The Morgan fingerprint density at radius 2 is 1.82 bits per heavy atom. The number of aliphatic hydroxyl groups excluding tert-OH is 1. The number of pyridine rings is 1. The normalized spacial score (nSPS) is 13.2. The number of hydrogen-bond acceptors (Lipinski definition) is 4. The molecule has 2 aromatic carbocycles. The zero-order valence-electron chi connectivity index (χ0n) is 18.7. The maximum Gasteiger partial charge on any atom is 0.249 e. The summed E-state index contributed by atoms with van der Waals surface area (Å²) in [6.07, 6.45) is 2.64. The molecule has 170 valence electrons. The van der Waals surface area contributed by atoms with Crippen LogP contribution in [0.2, 0.25) is 0 Å². The minimum Gasteiger partial charge on any atom is -0.383 e. The number of H-pyrrole nitrogens is 1. The summed E-state index contributed by atoms with van der Waals surface area (Å²) in [6, 6.07) is 16.9. The van der Waals surface area contributed by atoms with Crippen LogP contribution in [0.1, 0.15) is 25.0 Å². The van der Waals surface area contributed by atoms with E-state index < -0.39 is 18.1 Å². The van der Waals surface area contributed by atoms with Gasteiger partial charge in [-0.3, -0.25) is 9.59 Å². The van der Waals surface area contributed by atoms with Gasteiger partial charge in [-0.25, -0.2) is 4.98 Å². The molecule has 0 radical (unpaired) electrons. The summed E-state index contributed by atoms with van der Waals surface area (Å²) >= 11 is 0. The Morgan fingerprint density at radius 3 is 2.64 bits per heavy atom. The molecule has 2 amide bonds. The summed E-state index contributed by atoms with van der Waals surface area (Å²) in [7, 11) is 0. The zero-order chi connectivity index (χ0) is 23.4. The van der Waals surface area contributed by atoms with Crippen LogP contribution in [0.3, 0.4) is 0 Å². The molecule has 0 spiro atoms. The number of aliphatic hydroxyl groups is 1. The molecule has 0 saturated heterocycles. The van der Waals surface area contributed by atoms with E-state index in [0.29, 0.717) is 6.42 Å². The highest BCUT2D eigenvalue weighted by molar-refractivity contribution is 5.91. The molecule has 4 aromatic rings. The van der Waals surface area contributed by atoms with Crippen LogP contribution in [0.4, 0.5) is 0 Å². The first-order valence-electron chi connectivity index (χ1n) is 11.1. The van der Waals surface area contributed by atoms with Crippen LogP contribution in [0.25, 0.3) is 21.8 Å². The lowest BCUT2D eigenvalue weighted by atomic mass is 9.97. The fourth-order valence-electron chi connectivity index (χ4n) is 3.85. The largest absolute Gasteiger partial charge is 0.383 e. The predicted molar refractivity (Wildman–Crippen MR) is 128 cm³/mol. The molecule has 0 fully saturated rings. The standard InChI is InChI=1S/C26H28N4O3/c1-16(2)23(31)26(33)30-22(13-19-8-5-7-18-6-3-4-9-21(18)19)25(32)29-15-17-12-20-10-11-27-24(20)28-14-17/h3-12,14,16,22-23,31H,13,15H2,1-2H3,(H,27,28)(H,29,32)(H,30,33)/t22-,23+/m0/s1. The number of amides is 2. The average Bonchev–Trinajstić information content (AvgIpc) is 3.29. The molecule has 33 heavy (non-hydrogen) atoms. The van der Waals surface area contributed by atoms with Gasteiger partial charge in [-0.05, 0) is 39.9 Å². The topological polar surface area (TPSA) is 107 Å². The van der Waals surface area contributed by atoms with Gasteiger partial charge in [0.1, 0.15) is 17.8 Å². The molecule has 0 saturated carbocycles. The van der Waals surface area contributed by atoms with E-state index in [4.69, 9.17) is 0 Å². The van der Waals surface area contributed by atoms with Crippen LogP contribution in [0.15, 0.2) is 67.0 Å². The minimum absolute atomic E-state index is 0.259. The second-order valence-electron chi connectivity index (χ2n) is 8.57. The van der Waals surface area contributed by atoms with Crippen LogP contribution in [0.5, 0.6) is 0 Å². The average molecular weight is 445 g/mol. The minimum atomic E-state index is -1.19. The van der Waals surface area contributed by atoms with E-state index in [9.17, 15) is 14.7 Å². The quantitative estimate of drug-likeness (QED) is 0.335. The Morgan fingerprint density at radius 1 is 1.03 bits per heavy atom. The molecule has 7 heteroatoms. The molecular weight excluding hydrogens is 416 g/mol. The van der Waals surface area contributed by atoms with E-state index in [0.717, 1.165) is 32.9 Å². The van der Waals surface area contributed by atoms with Gasteiger partial charge >= 0.3 is 0 Å². The Balaban J connectivity index is 1.54. The number of aromatic nitrogens is 2. The maximum absolute atomic E-state index is 13.2. The van der Waals surface area contributed by atoms with E-state index in [1.54, 1.807) is 20.0 Å². The van der Waals surface area contributed by atoms with Crippen LogP contribution in [-0.4, -0.2) is 39.0 Å². The summed E-state index contributed by atoms with van der Waals surface area (Å²) in [6.45, 7) is 3.80. The number of hydrogen-bond donors (Lipinski definition) is 4. The van der Waals surface area contributed by atoms with E-state index in [1.807, 2.05) is 60.8 Å². The number of rotatable bonds is 8. The Kier molecular flexibility index (Phi) is 6.70. The highest BCUT2D eigenvalue weighted by atomic mass is 16.3. The smallest absolute Gasteiger partial charge is 0.249 e. The van der Waals surface area contributed by atoms with E-state index in [1.165, 1.54) is 0 Å². The van der Waals surface area contributed by atoms with E-state index in [2.05, 4.69) is 20.6 Å². The first kappa shape index (κ1) is 22.5. The SMILES string of the molecule is CC(C)[C@@H](O)C(=O)N[C@@H](Cc1cccc2ccccc12)C(=O)NCc1cnc2[nH]ccc2c1. The third kappa shape index (κ3) is 5.21. The van der Waals surface area contributed by atoms with Crippen LogP contribution in [0, 0.1) is 5.92 Å². The third-order valence-electron chi connectivity index (χ3n) is 5.76. The molecule has 7 nitrogen and oxygen atoms in total. The summed E-state index contributed by atoms with van der Waals surface area (Å²) in [5.41, 5.74) is 2.59. The van der Waals surface area contributed by atoms with Crippen molar-refractivity contribution in [2.24, 2.45) is 5.92 Å². The fourth-order valence-corrected chi connectivity index (χ4v) is 3.85. The number of fused-ring (bicyclic) bond motifs is 2. The molecule has 0 aliphatic heterocycles. The lowest BCUT2D eigenvalue weighted by Gasteiger charge is -2.22. The highest BCUT2D eigenvalue weighted by Gasteiger charge is 2.26. The number of carbonyl (C=O) groups is 2. The van der Waals surface area contributed by atoms with Crippen molar-refractivity contribution in [2.75, 3.05) is 0 Å². The summed E-state index contributed by atoms with van der Waals surface area (Å²) in [5.74, 6) is -1.13. The summed E-state index contributed by atoms with van der Waals surface area (Å²) in [5, 5.41) is 18.9. The zero-order valence-corrected chi connectivity index (χ0v) is 18.7. The van der Waals surface area contributed by atoms with Crippen LogP contribution in [-0.2, 0) is 22.6 Å². The van der Waals surface area contributed by atoms with Crippen molar-refractivity contribution >= 4 is 33.6 Å². The van der Waals surface area contributed by atoms with Crippen LogP contribution >= 0.6 is 0 Å². The molecule has 2 atom stereocenters. The van der Waals surface area contributed by atoms with Gasteiger partial charge in [-0.1, -0.05) is 56.3 Å². The summed E-state index contributed by atoms with van der Waals surface area (Å²) < 4.78 is 0. The van der Waals surface area contributed by atoms with Gasteiger partial charge in [0.15, 0.2) is 0 Å². The van der Waals surface area contributed by atoms with Gasteiger partial charge < -0.3 is 20.7 Å². The molecular formula is C26H28N4O3. The Hall–Kier alpha value is -3.71. The fraction of sp³-hybridized carbons (Fsp3) is 0.269. The second kappa shape index (κ2) is 9.83. The number of carbonyl (C=O) groups excluding carboxylic acids is 2. The molecule has 4 rings (SSSR count). The van der Waals surface area contributed by atoms with Gasteiger partial charge in [0.25, 0.3) is 0 Å². The molecule has 0 unspecified atom stereocenters. The van der Waals surface area contributed by atoms with Gasteiger partial charge in [0, 0.05) is 30.7 Å². The number of nitrogens with zero attached hydrogens (tertiary/aromatic N) is 1. The van der Waals surface area contributed by atoms with Crippen LogP contribution < -0.4 is 10.6 Å². The van der Waals surface area contributed by atoms with Crippen molar-refractivity contribution in [2.45, 2.75) is 39.0 Å². The summed E-state index contributed by atoms with van der Waals surface area (Å²) in [4.78, 5) is 33.1. The second-order valence-corrected chi connectivity index (χ2v) is 8.57. The molecule has 2 aromatic heterocycles. The lowest BCUT2D eigenvalue weighted by Crippen LogP contribution is -2.51. The maximum atomic E-state index is 13.2. The van der Waals surface area contributed by atoms with Crippen molar-refractivity contribution in [3.8, 4) is 0 Å². The molecule has 0 aliphatic carbocycles. The van der Waals surface area contributed by atoms with Crippen molar-refractivity contribution in [1.29, 1.82) is 0 Å². The van der Waals surface area contributed by atoms with Gasteiger partial charge in [0.2, 0.25) is 11.8 Å².